The fourth-order valence-electron chi connectivity index (χ4n) is 5.12. The molecule has 0 heterocycles. The summed E-state index contributed by atoms with van der Waals surface area (Å²) < 4.78 is 11.6. The van der Waals surface area contributed by atoms with Gasteiger partial charge in [-0.2, -0.15) is 0 Å². The molecule has 204 valence electrons. The second-order valence-corrected chi connectivity index (χ2v) is 17.0. The van der Waals surface area contributed by atoms with E-state index in [0.29, 0.717) is 24.5 Å². The van der Waals surface area contributed by atoms with E-state index in [2.05, 4.69) is 65.1 Å². The molecule has 0 spiro atoms. The van der Waals surface area contributed by atoms with Crippen LogP contribution in [0, 0.1) is 5.92 Å². The molecule has 0 bridgehead atoms. The second kappa shape index (κ2) is 14.5. The van der Waals surface area contributed by atoms with Crippen LogP contribution in [0.5, 0.6) is 0 Å². The molecular formula is C31H52O4Si. The van der Waals surface area contributed by atoms with Crippen LogP contribution in [-0.2, 0) is 18.8 Å². The van der Waals surface area contributed by atoms with Gasteiger partial charge in [-0.15, -0.1) is 0 Å². The Hall–Kier alpha value is -1.46. The maximum atomic E-state index is 12.7. The van der Waals surface area contributed by atoms with Crippen molar-refractivity contribution in [2.24, 2.45) is 5.92 Å². The number of carbonyl (C=O) groups excluding carboxylic acids is 2. The monoisotopic (exact) mass is 516 g/mol. The van der Waals surface area contributed by atoms with Gasteiger partial charge in [0.05, 0.1) is 13.2 Å². The quantitative estimate of drug-likeness (QED) is 0.133. The number of hydrogen-bond donors (Lipinski definition) is 0. The molecule has 1 aliphatic rings. The zero-order valence-corrected chi connectivity index (χ0v) is 25.2. The highest BCUT2D eigenvalue weighted by molar-refractivity contribution is 6.74. The lowest BCUT2D eigenvalue weighted by Gasteiger charge is -2.39. The molecule has 0 N–H and O–H groups in total. The second-order valence-electron chi connectivity index (χ2n) is 12.3. The summed E-state index contributed by atoms with van der Waals surface area (Å²) in [5.74, 6) is 0.769. The number of methoxy groups -OCH3 is 1. The molecule has 1 aromatic carbocycles. The van der Waals surface area contributed by atoms with E-state index in [1.54, 1.807) is 0 Å². The van der Waals surface area contributed by atoms with Crippen LogP contribution in [0.1, 0.15) is 128 Å². The number of benzene rings is 1. The number of ketones is 1. The van der Waals surface area contributed by atoms with Gasteiger partial charge in [0, 0.05) is 18.8 Å². The average molecular weight is 517 g/mol. The molecule has 0 amide bonds. The van der Waals surface area contributed by atoms with Crippen LogP contribution in [0.2, 0.25) is 18.1 Å². The van der Waals surface area contributed by atoms with Crippen molar-refractivity contribution in [1.82, 2.24) is 0 Å². The molecule has 5 heteroatoms. The molecule has 1 fully saturated rings. The van der Waals surface area contributed by atoms with E-state index in [9.17, 15) is 9.59 Å². The molecule has 4 nitrogen and oxygen atoms in total. The zero-order valence-electron chi connectivity index (χ0n) is 24.2. The van der Waals surface area contributed by atoms with Gasteiger partial charge in [-0.05, 0) is 60.9 Å². The van der Waals surface area contributed by atoms with Gasteiger partial charge >= 0.3 is 5.97 Å². The summed E-state index contributed by atoms with van der Waals surface area (Å²) in [7, 11) is -0.435. The lowest BCUT2D eigenvalue weighted by molar-refractivity contribution is -0.140. The smallest absolute Gasteiger partial charge is 0.305 e. The molecule has 0 radical (unpaired) electrons. The summed E-state index contributed by atoms with van der Waals surface area (Å²) >= 11 is 0. The third kappa shape index (κ3) is 9.13. The van der Waals surface area contributed by atoms with Gasteiger partial charge in [0.25, 0.3) is 0 Å². The number of carbonyl (C=O) groups is 2. The van der Waals surface area contributed by atoms with Crippen LogP contribution in [-0.4, -0.2) is 27.2 Å². The number of unbranched alkanes of at least 4 members (excludes halogenated alkanes) is 5. The van der Waals surface area contributed by atoms with E-state index < -0.39 is 8.32 Å². The third-order valence-electron chi connectivity index (χ3n) is 8.52. The first kappa shape index (κ1) is 30.8. The molecule has 0 aliphatic heterocycles. The van der Waals surface area contributed by atoms with Crippen molar-refractivity contribution in [3.8, 4) is 0 Å². The molecule has 1 aliphatic carbocycles. The highest BCUT2D eigenvalue weighted by Crippen LogP contribution is 2.43. The Bertz CT molecular complexity index is 809. The Morgan fingerprint density at radius 3 is 2.31 bits per heavy atom. The Morgan fingerprint density at radius 1 is 1.03 bits per heavy atom. The van der Waals surface area contributed by atoms with E-state index in [0.717, 1.165) is 44.9 Å². The van der Waals surface area contributed by atoms with E-state index in [4.69, 9.17) is 9.16 Å². The predicted octanol–water partition coefficient (Wildman–Crippen LogP) is 8.91. The highest BCUT2D eigenvalue weighted by Gasteiger charge is 2.39. The van der Waals surface area contributed by atoms with Crippen molar-refractivity contribution >= 4 is 20.1 Å². The van der Waals surface area contributed by atoms with Crippen LogP contribution in [0.3, 0.4) is 0 Å². The summed E-state index contributed by atoms with van der Waals surface area (Å²) in [6.07, 6.45) is 12.0. The van der Waals surface area contributed by atoms with Crippen molar-refractivity contribution in [3.63, 3.8) is 0 Å². The third-order valence-corrected chi connectivity index (χ3v) is 13.0. The summed E-state index contributed by atoms with van der Waals surface area (Å²) in [5, 5.41) is 0.187. The van der Waals surface area contributed by atoms with Gasteiger partial charge in [0.2, 0.25) is 0 Å². The van der Waals surface area contributed by atoms with E-state index in [1.165, 1.54) is 37.5 Å². The summed E-state index contributed by atoms with van der Waals surface area (Å²) in [6, 6.07) is 9.07. The lowest BCUT2D eigenvalue weighted by atomic mass is 9.84. The zero-order chi connectivity index (χ0) is 26.8. The minimum Gasteiger partial charge on any atom is -0.469 e. The molecular weight excluding hydrogens is 464 g/mol. The molecule has 2 rings (SSSR count). The van der Waals surface area contributed by atoms with E-state index in [-0.39, 0.29) is 23.0 Å². The van der Waals surface area contributed by atoms with Crippen LogP contribution in [0.15, 0.2) is 24.3 Å². The molecule has 0 aromatic heterocycles. The molecule has 0 saturated heterocycles. The van der Waals surface area contributed by atoms with Crippen LogP contribution >= 0.6 is 0 Å². The molecule has 36 heavy (non-hydrogen) atoms. The Kier molecular flexibility index (Phi) is 12.4. The Balaban J connectivity index is 2.02. The Morgan fingerprint density at radius 2 is 1.69 bits per heavy atom. The van der Waals surface area contributed by atoms with E-state index in [1.807, 2.05) is 0 Å². The van der Waals surface area contributed by atoms with Crippen LogP contribution < -0.4 is 0 Å². The SMILES string of the molecule is CCCCC[C@@H](O[Si](C)(C)C(C)(C)C)c1ccc([C@@H]2CCC(=O)[C@H]2CCCCCCC(=O)OC)cc1. The topological polar surface area (TPSA) is 52.6 Å². The summed E-state index contributed by atoms with van der Waals surface area (Å²) in [5.41, 5.74) is 2.59. The van der Waals surface area contributed by atoms with Crippen LogP contribution in [0.25, 0.3) is 0 Å². The fraction of sp³-hybridized carbons (Fsp3) is 0.742. The van der Waals surface area contributed by atoms with Gasteiger partial charge in [0.1, 0.15) is 5.78 Å². The van der Waals surface area contributed by atoms with Gasteiger partial charge in [-0.1, -0.05) is 90.5 Å². The lowest BCUT2D eigenvalue weighted by Crippen LogP contribution is -2.41. The molecule has 1 saturated carbocycles. The minimum atomic E-state index is -1.87. The summed E-state index contributed by atoms with van der Waals surface area (Å²) in [4.78, 5) is 24.0. The number of Topliss-reactive ketones (excluding diaryl/α,β-unsaturated/α-hetero) is 1. The van der Waals surface area contributed by atoms with Crippen molar-refractivity contribution in [3.05, 3.63) is 35.4 Å². The maximum absolute atomic E-state index is 12.7. The first-order valence-electron chi connectivity index (χ1n) is 14.4. The normalized spacial score (nSPS) is 19.5. The van der Waals surface area contributed by atoms with Gasteiger partial charge < -0.3 is 9.16 Å². The standard InChI is InChI=1S/C31H52O4Si/c1-8-9-12-16-29(35-36(6,7)31(2,3)4)25-20-18-24(19-21-25)26-22-23-28(32)27(26)15-13-10-11-14-17-30(33)34-5/h18-21,26-27,29H,8-17,22-23H2,1-7H3/t26-,27-,29+/m0/s1. The predicted molar refractivity (Wildman–Crippen MR) is 152 cm³/mol. The number of ether oxygens (including phenoxy) is 1. The molecule has 3 atom stereocenters. The first-order valence-corrected chi connectivity index (χ1v) is 17.3. The molecule has 1 aromatic rings. The van der Waals surface area contributed by atoms with Gasteiger partial charge in [-0.3, -0.25) is 9.59 Å². The highest BCUT2D eigenvalue weighted by atomic mass is 28.4. The molecule has 0 unspecified atom stereocenters. The van der Waals surface area contributed by atoms with Crippen LogP contribution in [0.4, 0.5) is 0 Å². The van der Waals surface area contributed by atoms with Gasteiger partial charge in [-0.25, -0.2) is 0 Å². The van der Waals surface area contributed by atoms with Crippen molar-refractivity contribution in [1.29, 1.82) is 0 Å². The summed E-state index contributed by atoms with van der Waals surface area (Å²) in [6.45, 7) is 13.9. The number of esters is 1. The number of rotatable bonds is 15. The minimum absolute atomic E-state index is 0.133. The fourth-order valence-corrected chi connectivity index (χ4v) is 6.44. The number of hydrogen-bond acceptors (Lipinski definition) is 4. The Labute approximate surface area is 222 Å². The average Bonchev–Trinajstić information content (AvgIpc) is 3.20. The largest absolute Gasteiger partial charge is 0.469 e. The van der Waals surface area contributed by atoms with Crippen molar-refractivity contribution in [2.75, 3.05) is 7.11 Å². The van der Waals surface area contributed by atoms with E-state index >= 15 is 0 Å². The maximum Gasteiger partial charge on any atom is 0.305 e. The van der Waals surface area contributed by atoms with Crippen molar-refractivity contribution < 1.29 is 18.8 Å². The van der Waals surface area contributed by atoms with Gasteiger partial charge in [0.15, 0.2) is 8.32 Å². The van der Waals surface area contributed by atoms with Crippen molar-refractivity contribution in [2.45, 2.75) is 135 Å². The first-order chi connectivity index (χ1) is 17.0.